The van der Waals surface area contributed by atoms with Gasteiger partial charge in [-0.2, -0.15) is 0 Å². The number of fused-ring (bicyclic) bond motifs is 1. The van der Waals surface area contributed by atoms with Crippen LogP contribution in [0.5, 0.6) is 0 Å². The van der Waals surface area contributed by atoms with Gasteiger partial charge in [-0.15, -0.1) is 0 Å². The number of hydrogen-bond acceptors (Lipinski definition) is 2. The standard InChI is InChI=1S/C28H29N3O/c29-18-22-9-6-10-24(17-22)28(32)30-15-13-23(14-16-30)26-20-31(19-21-7-2-1-3-8-21)27-12-5-4-11-25(26)27/h2,4-12,17-18,20,23,29H,1,3,13-16,19H2. The maximum absolute atomic E-state index is 13.0. The van der Waals surface area contributed by atoms with E-state index in [4.69, 9.17) is 5.41 Å². The summed E-state index contributed by atoms with van der Waals surface area (Å²) >= 11 is 0. The van der Waals surface area contributed by atoms with Crippen LogP contribution in [0.2, 0.25) is 0 Å². The van der Waals surface area contributed by atoms with Crippen LogP contribution in [-0.2, 0) is 6.54 Å². The molecule has 2 aromatic carbocycles. The third kappa shape index (κ3) is 4.05. The number of amides is 1. The number of piperidine rings is 1. The molecule has 162 valence electrons. The number of rotatable bonds is 5. The zero-order chi connectivity index (χ0) is 21.9. The van der Waals surface area contributed by atoms with Crippen LogP contribution in [0.3, 0.4) is 0 Å². The molecular formula is C28H29N3O. The van der Waals surface area contributed by atoms with Gasteiger partial charge in [0.15, 0.2) is 0 Å². The molecule has 5 rings (SSSR count). The van der Waals surface area contributed by atoms with Crippen molar-refractivity contribution in [1.29, 1.82) is 5.41 Å². The van der Waals surface area contributed by atoms with E-state index >= 15 is 0 Å². The van der Waals surface area contributed by atoms with Gasteiger partial charge < -0.3 is 14.9 Å². The van der Waals surface area contributed by atoms with Crippen molar-refractivity contribution in [3.05, 3.63) is 95.2 Å². The van der Waals surface area contributed by atoms with Crippen LogP contribution in [-0.4, -0.2) is 34.7 Å². The fourth-order valence-electron chi connectivity index (χ4n) is 5.05. The van der Waals surface area contributed by atoms with E-state index in [-0.39, 0.29) is 5.91 Å². The van der Waals surface area contributed by atoms with Gasteiger partial charge in [-0.05, 0) is 66.5 Å². The first-order valence-corrected chi connectivity index (χ1v) is 11.6. The van der Waals surface area contributed by atoms with Crippen LogP contribution in [0.4, 0.5) is 0 Å². The highest BCUT2D eigenvalue weighted by atomic mass is 16.2. The number of carbonyl (C=O) groups is 1. The second kappa shape index (κ2) is 8.99. The molecule has 0 atom stereocenters. The normalized spacial score (nSPS) is 16.9. The van der Waals surface area contributed by atoms with Crippen LogP contribution in [0.15, 0.2) is 78.5 Å². The lowest BCUT2D eigenvalue weighted by Gasteiger charge is -2.32. The largest absolute Gasteiger partial charge is 0.343 e. The molecule has 1 aromatic heterocycles. The van der Waals surface area contributed by atoms with Gasteiger partial charge in [-0.25, -0.2) is 0 Å². The van der Waals surface area contributed by atoms with Crippen molar-refractivity contribution in [1.82, 2.24) is 9.47 Å². The molecule has 1 aliphatic carbocycles. The van der Waals surface area contributed by atoms with Gasteiger partial charge in [0.1, 0.15) is 0 Å². The van der Waals surface area contributed by atoms with E-state index < -0.39 is 0 Å². The summed E-state index contributed by atoms with van der Waals surface area (Å²) in [5, 5.41) is 8.78. The molecule has 0 spiro atoms. The van der Waals surface area contributed by atoms with E-state index in [1.54, 1.807) is 0 Å². The maximum atomic E-state index is 13.0. The Balaban J connectivity index is 1.33. The van der Waals surface area contributed by atoms with Gasteiger partial charge in [0.2, 0.25) is 0 Å². The summed E-state index contributed by atoms with van der Waals surface area (Å²) in [5.74, 6) is 0.541. The number of nitrogens with one attached hydrogen (secondary N) is 1. The molecule has 1 aliphatic heterocycles. The molecule has 1 N–H and O–H groups in total. The Bertz CT molecular complexity index is 1210. The number of nitrogens with zero attached hydrogens (tertiary/aromatic N) is 2. The van der Waals surface area contributed by atoms with E-state index in [0.717, 1.165) is 50.9 Å². The first kappa shape index (κ1) is 20.5. The minimum absolute atomic E-state index is 0.0746. The topological polar surface area (TPSA) is 49.1 Å². The predicted octanol–water partition coefficient (Wildman–Crippen LogP) is 5.94. The third-order valence-electron chi connectivity index (χ3n) is 6.77. The first-order valence-electron chi connectivity index (χ1n) is 11.6. The number of carbonyl (C=O) groups excluding carboxylic acids is 1. The summed E-state index contributed by atoms with van der Waals surface area (Å²) in [4.78, 5) is 15.0. The molecule has 2 heterocycles. The smallest absolute Gasteiger partial charge is 0.253 e. The van der Waals surface area contributed by atoms with Crippen molar-refractivity contribution in [3.8, 4) is 0 Å². The average molecular weight is 424 g/mol. The van der Waals surface area contributed by atoms with Crippen molar-refractivity contribution in [2.75, 3.05) is 13.1 Å². The van der Waals surface area contributed by atoms with E-state index in [9.17, 15) is 4.79 Å². The lowest BCUT2D eigenvalue weighted by molar-refractivity contribution is 0.0713. The van der Waals surface area contributed by atoms with Crippen molar-refractivity contribution in [2.24, 2.45) is 0 Å². The minimum Gasteiger partial charge on any atom is -0.343 e. The number of likely N-dealkylation sites (tertiary alicyclic amines) is 1. The van der Waals surface area contributed by atoms with Crippen molar-refractivity contribution in [2.45, 2.75) is 38.1 Å². The highest BCUT2D eigenvalue weighted by molar-refractivity contribution is 5.96. The van der Waals surface area contributed by atoms with Crippen molar-refractivity contribution < 1.29 is 4.79 Å². The maximum Gasteiger partial charge on any atom is 0.253 e. The minimum atomic E-state index is 0.0746. The van der Waals surface area contributed by atoms with E-state index in [1.807, 2.05) is 29.2 Å². The zero-order valence-electron chi connectivity index (χ0n) is 18.3. The van der Waals surface area contributed by atoms with Gasteiger partial charge in [0.25, 0.3) is 5.91 Å². The predicted molar refractivity (Wildman–Crippen MR) is 131 cm³/mol. The van der Waals surface area contributed by atoms with Crippen LogP contribution in [0.25, 0.3) is 10.9 Å². The summed E-state index contributed by atoms with van der Waals surface area (Å²) in [6.07, 6.45) is 14.8. The molecular weight excluding hydrogens is 394 g/mol. The number of para-hydroxylation sites is 1. The quantitative estimate of drug-likeness (QED) is 0.508. The fourth-order valence-corrected chi connectivity index (χ4v) is 5.05. The lowest BCUT2D eigenvalue weighted by Crippen LogP contribution is -2.37. The SMILES string of the molecule is N=Cc1cccc(C(=O)N2CCC(c3cn(CC4=CCCC=C4)c4ccccc34)CC2)c1. The van der Waals surface area contributed by atoms with Gasteiger partial charge in [-0.1, -0.05) is 48.6 Å². The molecule has 1 fully saturated rings. The van der Waals surface area contributed by atoms with Crippen LogP contribution < -0.4 is 0 Å². The van der Waals surface area contributed by atoms with E-state index in [1.165, 1.54) is 28.3 Å². The van der Waals surface area contributed by atoms with Crippen LogP contribution in [0, 0.1) is 5.41 Å². The molecule has 0 radical (unpaired) electrons. The second-order valence-electron chi connectivity index (χ2n) is 8.82. The zero-order valence-corrected chi connectivity index (χ0v) is 18.3. The Kier molecular flexibility index (Phi) is 5.76. The second-order valence-corrected chi connectivity index (χ2v) is 8.82. The van der Waals surface area contributed by atoms with Crippen LogP contribution in [0.1, 0.15) is 53.1 Å². The molecule has 3 aromatic rings. The van der Waals surface area contributed by atoms with Gasteiger partial charge in [0, 0.05) is 48.5 Å². The van der Waals surface area contributed by atoms with Gasteiger partial charge in [0.05, 0.1) is 0 Å². The van der Waals surface area contributed by atoms with Gasteiger partial charge >= 0.3 is 0 Å². The fraction of sp³-hybridized carbons (Fsp3) is 0.286. The number of allylic oxidation sites excluding steroid dienone is 4. The number of aromatic nitrogens is 1. The molecule has 2 aliphatic rings. The third-order valence-corrected chi connectivity index (χ3v) is 6.77. The highest BCUT2D eigenvalue weighted by Gasteiger charge is 2.26. The molecule has 4 nitrogen and oxygen atoms in total. The molecule has 1 amide bonds. The summed E-state index contributed by atoms with van der Waals surface area (Å²) in [6, 6.07) is 16.1. The Morgan fingerprint density at radius 2 is 1.91 bits per heavy atom. The Labute approximate surface area is 189 Å². The highest BCUT2D eigenvalue weighted by Crippen LogP contribution is 2.35. The molecule has 0 unspecified atom stereocenters. The van der Waals surface area contributed by atoms with Crippen LogP contribution >= 0.6 is 0 Å². The van der Waals surface area contributed by atoms with Gasteiger partial charge in [-0.3, -0.25) is 4.79 Å². The summed E-state index contributed by atoms with van der Waals surface area (Å²) < 4.78 is 2.40. The summed E-state index contributed by atoms with van der Waals surface area (Å²) in [6.45, 7) is 2.45. The number of hydrogen-bond donors (Lipinski definition) is 1. The number of benzene rings is 2. The van der Waals surface area contributed by atoms with Crippen molar-refractivity contribution in [3.63, 3.8) is 0 Å². The summed E-state index contributed by atoms with van der Waals surface area (Å²) in [7, 11) is 0. The Morgan fingerprint density at radius 3 is 2.69 bits per heavy atom. The monoisotopic (exact) mass is 423 g/mol. The molecule has 32 heavy (non-hydrogen) atoms. The molecule has 1 saturated heterocycles. The molecule has 0 saturated carbocycles. The lowest BCUT2D eigenvalue weighted by atomic mass is 9.89. The average Bonchev–Trinajstić information content (AvgIpc) is 3.23. The Morgan fingerprint density at radius 1 is 1.06 bits per heavy atom. The first-order chi connectivity index (χ1) is 15.7. The van der Waals surface area contributed by atoms with E-state index in [0.29, 0.717) is 11.5 Å². The molecule has 4 heteroatoms. The van der Waals surface area contributed by atoms with E-state index in [2.05, 4.69) is 53.3 Å². The summed E-state index contributed by atoms with van der Waals surface area (Å²) in [5.41, 5.74) is 5.54. The molecule has 0 bridgehead atoms. The van der Waals surface area contributed by atoms with Crippen molar-refractivity contribution >= 4 is 23.0 Å². The Hall–Kier alpha value is -3.40.